The molecule has 1 rings (SSSR count). The maximum atomic E-state index is 11.7. The zero-order chi connectivity index (χ0) is 14.4. The molecule has 0 aliphatic heterocycles. The lowest BCUT2D eigenvalue weighted by Gasteiger charge is -2.12. The average Bonchev–Trinajstić information content (AvgIpc) is 2.40. The van der Waals surface area contributed by atoms with Crippen LogP contribution in [0.3, 0.4) is 0 Å². The molecule has 0 fully saturated rings. The number of anilines is 1. The van der Waals surface area contributed by atoms with E-state index in [9.17, 15) is 9.59 Å². The normalized spacial score (nSPS) is 11.2. The minimum Gasteiger partial charge on any atom is -0.383 e. The van der Waals surface area contributed by atoms with Crippen molar-refractivity contribution in [3.8, 4) is 0 Å². The molecule has 0 heterocycles. The van der Waals surface area contributed by atoms with Crippen LogP contribution in [0.2, 0.25) is 5.02 Å². The van der Waals surface area contributed by atoms with E-state index < -0.39 is 11.9 Å². The maximum Gasteiger partial charge on any atom is 0.252 e. The summed E-state index contributed by atoms with van der Waals surface area (Å²) in [6.45, 7) is 0.113. The van der Waals surface area contributed by atoms with Crippen molar-refractivity contribution in [2.24, 2.45) is 5.73 Å². The Morgan fingerprint density at radius 2 is 2.10 bits per heavy atom. The molecule has 20 heavy (non-hydrogen) atoms. The van der Waals surface area contributed by atoms with Crippen LogP contribution in [-0.2, 0) is 9.53 Å². The van der Waals surface area contributed by atoms with Crippen molar-refractivity contribution in [1.82, 2.24) is 5.32 Å². The molecule has 0 radical (unpaired) electrons. The quantitative estimate of drug-likeness (QED) is 0.755. The van der Waals surface area contributed by atoms with Crippen LogP contribution in [0.25, 0.3) is 0 Å². The lowest BCUT2D eigenvalue weighted by molar-refractivity contribution is -0.118. The summed E-state index contributed by atoms with van der Waals surface area (Å²) in [7, 11) is 2.96. The number of rotatable bonds is 5. The van der Waals surface area contributed by atoms with E-state index in [1.165, 1.54) is 26.3 Å². The largest absolute Gasteiger partial charge is 0.383 e. The molecule has 1 atom stereocenters. The molecular formula is C12H17Cl2N3O3. The average molecular weight is 322 g/mol. The Kier molecular flexibility index (Phi) is 8.17. The second kappa shape index (κ2) is 8.76. The van der Waals surface area contributed by atoms with Gasteiger partial charge in [-0.05, 0) is 18.2 Å². The molecule has 2 amide bonds. The number of benzene rings is 1. The van der Waals surface area contributed by atoms with E-state index in [1.54, 1.807) is 6.07 Å². The van der Waals surface area contributed by atoms with Crippen molar-refractivity contribution in [1.29, 1.82) is 0 Å². The Labute approximate surface area is 128 Å². The molecule has 1 unspecified atom stereocenters. The van der Waals surface area contributed by atoms with Gasteiger partial charge in [-0.15, -0.1) is 12.4 Å². The zero-order valence-electron chi connectivity index (χ0n) is 11.1. The molecule has 1 aromatic carbocycles. The third-order valence-corrected chi connectivity index (χ3v) is 2.72. The number of nitrogens with one attached hydrogen (secondary N) is 2. The summed E-state index contributed by atoms with van der Waals surface area (Å²) >= 11 is 5.90. The molecule has 8 heteroatoms. The zero-order valence-corrected chi connectivity index (χ0v) is 12.7. The lowest BCUT2D eigenvalue weighted by Crippen LogP contribution is -2.39. The van der Waals surface area contributed by atoms with E-state index in [4.69, 9.17) is 22.1 Å². The van der Waals surface area contributed by atoms with E-state index in [0.717, 1.165) is 0 Å². The highest BCUT2D eigenvalue weighted by Gasteiger charge is 2.15. The summed E-state index contributed by atoms with van der Waals surface area (Å²) in [5.74, 6) is -0.727. The number of nitrogens with two attached hydrogens (primary N) is 1. The standard InChI is InChI=1S/C12H16ClN3O3.ClH/c1-15-11(17)8-5-7(3-4-9(8)13)16-12(18)10(14)6-19-2;/h3-5,10H,6,14H2,1-2H3,(H,15,17)(H,16,18);1H. The van der Waals surface area contributed by atoms with Crippen LogP contribution in [0.4, 0.5) is 5.69 Å². The highest BCUT2D eigenvalue weighted by Crippen LogP contribution is 2.20. The molecule has 0 aliphatic carbocycles. The van der Waals surface area contributed by atoms with Gasteiger partial charge in [-0.3, -0.25) is 9.59 Å². The predicted molar refractivity (Wildman–Crippen MR) is 80.6 cm³/mol. The summed E-state index contributed by atoms with van der Waals surface area (Å²) in [6, 6.07) is 3.83. The summed E-state index contributed by atoms with van der Waals surface area (Å²) in [4.78, 5) is 23.2. The van der Waals surface area contributed by atoms with Gasteiger partial charge in [0.2, 0.25) is 5.91 Å². The Morgan fingerprint density at radius 1 is 1.45 bits per heavy atom. The lowest BCUT2D eigenvalue weighted by atomic mass is 10.1. The summed E-state index contributed by atoms with van der Waals surface area (Å²) < 4.78 is 4.79. The molecule has 0 aliphatic rings. The van der Waals surface area contributed by atoms with Crippen LogP contribution in [-0.4, -0.2) is 38.6 Å². The molecule has 0 saturated heterocycles. The van der Waals surface area contributed by atoms with Gasteiger partial charge in [-0.25, -0.2) is 0 Å². The van der Waals surface area contributed by atoms with Gasteiger partial charge in [0.25, 0.3) is 5.91 Å². The first-order valence-corrected chi connectivity index (χ1v) is 5.94. The number of hydrogen-bond donors (Lipinski definition) is 3. The number of hydrogen-bond acceptors (Lipinski definition) is 4. The van der Waals surface area contributed by atoms with E-state index in [1.807, 2.05) is 0 Å². The van der Waals surface area contributed by atoms with Gasteiger partial charge in [0.15, 0.2) is 0 Å². The van der Waals surface area contributed by atoms with Crippen LogP contribution in [0.5, 0.6) is 0 Å². The van der Waals surface area contributed by atoms with E-state index in [0.29, 0.717) is 10.7 Å². The third-order valence-electron chi connectivity index (χ3n) is 2.39. The molecule has 112 valence electrons. The van der Waals surface area contributed by atoms with E-state index >= 15 is 0 Å². The minimum absolute atomic E-state index is 0. The minimum atomic E-state index is -0.774. The summed E-state index contributed by atoms with van der Waals surface area (Å²) in [5, 5.41) is 5.36. The van der Waals surface area contributed by atoms with Crippen LogP contribution in [0.1, 0.15) is 10.4 Å². The van der Waals surface area contributed by atoms with Crippen molar-refractivity contribution in [3.63, 3.8) is 0 Å². The third kappa shape index (κ3) is 4.97. The number of carbonyl (C=O) groups excluding carboxylic acids is 2. The first-order valence-electron chi connectivity index (χ1n) is 5.56. The molecule has 0 spiro atoms. The van der Waals surface area contributed by atoms with Gasteiger partial charge >= 0.3 is 0 Å². The predicted octanol–water partition coefficient (Wildman–Crippen LogP) is 1.03. The van der Waals surface area contributed by atoms with Crippen molar-refractivity contribution >= 4 is 41.5 Å². The van der Waals surface area contributed by atoms with Crippen molar-refractivity contribution < 1.29 is 14.3 Å². The van der Waals surface area contributed by atoms with E-state index in [-0.39, 0.29) is 30.5 Å². The van der Waals surface area contributed by atoms with Crippen molar-refractivity contribution in [2.75, 3.05) is 26.1 Å². The molecule has 4 N–H and O–H groups in total. The van der Waals surface area contributed by atoms with Crippen LogP contribution in [0, 0.1) is 0 Å². The number of halogens is 2. The summed E-state index contributed by atoms with van der Waals surface area (Å²) in [5.41, 5.74) is 6.31. The van der Waals surface area contributed by atoms with Gasteiger partial charge in [-0.1, -0.05) is 11.6 Å². The fourth-order valence-corrected chi connectivity index (χ4v) is 1.61. The molecule has 1 aromatic rings. The smallest absolute Gasteiger partial charge is 0.252 e. The first kappa shape index (κ1) is 18.7. The van der Waals surface area contributed by atoms with Gasteiger partial charge in [0.05, 0.1) is 17.2 Å². The monoisotopic (exact) mass is 321 g/mol. The van der Waals surface area contributed by atoms with Gasteiger partial charge in [0, 0.05) is 19.8 Å². The van der Waals surface area contributed by atoms with E-state index in [2.05, 4.69) is 10.6 Å². The fraction of sp³-hybridized carbons (Fsp3) is 0.333. The number of amides is 2. The van der Waals surface area contributed by atoms with Crippen molar-refractivity contribution in [3.05, 3.63) is 28.8 Å². The first-order chi connectivity index (χ1) is 8.99. The summed E-state index contributed by atoms with van der Waals surface area (Å²) in [6.07, 6.45) is 0. The molecule has 0 aromatic heterocycles. The van der Waals surface area contributed by atoms with Gasteiger partial charge in [-0.2, -0.15) is 0 Å². The van der Waals surface area contributed by atoms with Crippen LogP contribution in [0.15, 0.2) is 18.2 Å². The van der Waals surface area contributed by atoms with Crippen LogP contribution < -0.4 is 16.4 Å². The van der Waals surface area contributed by atoms with Gasteiger partial charge in [0.1, 0.15) is 6.04 Å². The second-order valence-electron chi connectivity index (χ2n) is 3.82. The Balaban J connectivity index is 0.00000361. The number of carbonyl (C=O) groups is 2. The molecule has 0 saturated carbocycles. The maximum absolute atomic E-state index is 11.7. The molecule has 6 nitrogen and oxygen atoms in total. The van der Waals surface area contributed by atoms with Gasteiger partial charge < -0.3 is 21.1 Å². The number of methoxy groups -OCH3 is 1. The highest BCUT2D eigenvalue weighted by atomic mass is 35.5. The second-order valence-corrected chi connectivity index (χ2v) is 4.23. The Morgan fingerprint density at radius 3 is 2.65 bits per heavy atom. The molecule has 0 bridgehead atoms. The fourth-order valence-electron chi connectivity index (χ4n) is 1.40. The topological polar surface area (TPSA) is 93.5 Å². The highest BCUT2D eigenvalue weighted by molar-refractivity contribution is 6.34. The molecular weight excluding hydrogens is 305 g/mol. The Bertz CT molecular complexity index is 483. The number of ether oxygens (including phenoxy) is 1. The van der Waals surface area contributed by atoms with Crippen molar-refractivity contribution in [2.45, 2.75) is 6.04 Å². The Hall–Kier alpha value is -1.34. The van der Waals surface area contributed by atoms with Crippen LogP contribution >= 0.6 is 24.0 Å². The SMILES string of the molecule is CNC(=O)c1cc(NC(=O)C(N)COC)ccc1Cl.Cl.